The van der Waals surface area contributed by atoms with Gasteiger partial charge in [-0.1, -0.05) is 12.1 Å². The molecule has 0 saturated carbocycles. The average molecular weight is 236 g/mol. The number of aliphatic hydroxyl groups excluding tert-OH is 1. The Balaban J connectivity index is 2.29. The number of methoxy groups -OCH3 is 1. The van der Waals surface area contributed by atoms with Crippen molar-refractivity contribution in [1.29, 1.82) is 0 Å². The summed E-state index contributed by atoms with van der Waals surface area (Å²) in [7, 11) is 1.61. The quantitative estimate of drug-likeness (QED) is 0.792. The van der Waals surface area contributed by atoms with E-state index in [1.165, 1.54) is 6.92 Å². The van der Waals surface area contributed by atoms with Crippen molar-refractivity contribution in [1.82, 2.24) is 0 Å². The van der Waals surface area contributed by atoms with Crippen molar-refractivity contribution in [3.05, 3.63) is 29.3 Å². The highest BCUT2D eigenvalue weighted by atomic mass is 16.6. The molecule has 2 atom stereocenters. The van der Waals surface area contributed by atoms with Gasteiger partial charge in [-0.15, -0.1) is 0 Å². The summed E-state index contributed by atoms with van der Waals surface area (Å²) in [5.74, 6) is 0.420. The zero-order valence-corrected chi connectivity index (χ0v) is 9.97. The molecular weight excluding hydrogens is 220 g/mol. The maximum absolute atomic E-state index is 10.9. The Labute approximate surface area is 100 Å². The van der Waals surface area contributed by atoms with E-state index in [2.05, 4.69) is 0 Å². The second-order valence-corrected chi connectivity index (χ2v) is 4.16. The third-order valence-electron chi connectivity index (χ3n) is 3.06. The van der Waals surface area contributed by atoms with E-state index in [-0.39, 0.29) is 5.97 Å². The lowest BCUT2D eigenvalue weighted by Crippen LogP contribution is -2.29. The van der Waals surface area contributed by atoms with Crippen molar-refractivity contribution in [2.24, 2.45) is 0 Å². The number of hydrogen-bond acceptors (Lipinski definition) is 4. The number of hydrogen-bond donors (Lipinski definition) is 1. The van der Waals surface area contributed by atoms with E-state index in [1.807, 2.05) is 18.2 Å². The number of rotatable bonds is 2. The van der Waals surface area contributed by atoms with Crippen LogP contribution in [0.15, 0.2) is 18.2 Å². The predicted molar refractivity (Wildman–Crippen MR) is 61.8 cm³/mol. The molecule has 0 spiro atoms. The number of fused-ring (bicyclic) bond motifs is 1. The fraction of sp³-hybridized carbons (Fsp3) is 0.462. The highest BCUT2D eigenvalue weighted by Crippen LogP contribution is 2.36. The van der Waals surface area contributed by atoms with Gasteiger partial charge in [-0.25, -0.2) is 0 Å². The molecule has 0 heterocycles. The lowest BCUT2D eigenvalue weighted by atomic mass is 9.87. The van der Waals surface area contributed by atoms with Gasteiger partial charge in [0.1, 0.15) is 18.0 Å². The summed E-state index contributed by atoms with van der Waals surface area (Å²) in [6.45, 7) is 1.35. The molecule has 0 aliphatic heterocycles. The third-order valence-corrected chi connectivity index (χ3v) is 3.06. The van der Waals surface area contributed by atoms with Gasteiger partial charge >= 0.3 is 5.97 Å². The van der Waals surface area contributed by atoms with Crippen LogP contribution in [0.5, 0.6) is 5.75 Å². The molecule has 0 saturated heterocycles. The summed E-state index contributed by atoms with van der Waals surface area (Å²) in [6.07, 6.45) is 0.146. The molecule has 4 heteroatoms. The summed E-state index contributed by atoms with van der Waals surface area (Å²) in [6, 6.07) is 5.55. The van der Waals surface area contributed by atoms with Crippen LogP contribution >= 0.6 is 0 Å². The van der Waals surface area contributed by atoms with E-state index in [1.54, 1.807) is 7.11 Å². The monoisotopic (exact) mass is 236 g/mol. The summed E-state index contributed by atoms with van der Waals surface area (Å²) in [5.41, 5.74) is 1.80. The van der Waals surface area contributed by atoms with Gasteiger partial charge in [0.05, 0.1) is 7.11 Å². The first-order chi connectivity index (χ1) is 8.13. The summed E-state index contributed by atoms with van der Waals surface area (Å²) in [4.78, 5) is 10.9. The minimum absolute atomic E-state index is 0.361. The van der Waals surface area contributed by atoms with Crippen LogP contribution in [0, 0.1) is 0 Å². The fourth-order valence-electron chi connectivity index (χ4n) is 2.30. The molecule has 0 aromatic heterocycles. The Hall–Kier alpha value is -1.55. The van der Waals surface area contributed by atoms with Gasteiger partial charge in [0.15, 0.2) is 0 Å². The van der Waals surface area contributed by atoms with Gasteiger partial charge < -0.3 is 14.6 Å². The van der Waals surface area contributed by atoms with Crippen LogP contribution in [-0.4, -0.2) is 24.3 Å². The average Bonchev–Trinajstić information content (AvgIpc) is 2.31. The number of aliphatic hydroxyl groups is 1. The molecule has 1 aromatic rings. The normalized spacial score (nSPS) is 22.8. The second kappa shape index (κ2) is 4.75. The molecule has 0 radical (unpaired) electrons. The molecule has 0 bridgehead atoms. The van der Waals surface area contributed by atoms with Crippen LogP contribution in [0.3, 0.4) is 0 Å². The van der Waals surface area contributed by atoms with Gasteiger partial charge in [-0.3, -0.25) is 4.79 Å². The minimum Gasteiger partial charge on any atom is -0.496 e. The smallest absolute Gasteiger partial charge is 0.303 e. The lowest BCUT2D eigenvalue weighted by molar-refractivity contribution is -0.153. The van der Waals surface area contributed by atoms with Crippen molar-refractivity contribution in [2.45, 2.75) is 32.0 Å². The Morgan fingerprint density at radius 3 is 2.88 bits per heavy atom. The van der Waals surface area contributed by atoms with Crippen LogP contribution in [0.1, 0.15) is 30.6 Å². The summed E-state index contributed by atoms with van der Waals surface area (Å²) >= 11 is 0. The molecule has 0 amide bonds. The number of carbonyl (C=O) groups excluding carboxylic acids is 1. The Morgan fingerprint density at radius 1 is 1.47 bits per heavy atom. The van der Waals surface area contributed by atoms with E-state index >= 15 is 0 Å². The van der Waals surface area contributed by atoms with E-state index in [9.17, 15) is 9.90 Å². The van der Waals surface area contributed by atoms with Crippen LogP contribution in [0.25, 0.3) is 0 Å². The van der Waals surface area contributed by atoms with Crippen molar-refractivity contribution >= 4 is 5.97 Å². The van der Waals surface area contributed by atoms with E-state index < -0.39 is 12.2 Å². The van der Waals surface area contributed by atoms with Crippen LogP contribution in [0.4, 0.5) is 0 Å². The molecule has 2 rings (SSSR count). The molecule has 92 valence electrons. The Bertz CT molecular complexity index is 427. The zero-order valence-electron chi connectivity index (χ0n) is 9.97. The molecule has 1 N–H and O–H groups in total. The maximum Gasteiger partial charge on any atom is 0.303 e. The van der Waals surface area contributed by atoms with Gasteiger partial charge in [-0.2, -0.15) is 0 Å². The SMILES string of the molecule is COc1cccc2c1CCC(OC(C)=O)C2O. The molecule has 1 aromatic carbocycles. The topological polar surface area (TPSA) is 55.8 Å². The number of esters is 1. The first-order valence-electron chi connectivity index (χ1n) is 5.64. The molecule has 17 heavy (non-hydrogen) atoms. The fourth-order valence-corrected chi connectivity index (χ4v) is 2.30. The zero-order chi connectivity index (χ0) is 12.4. The van der Waals surface area contributed by atoms with E-state index in [0.29, 0.717) is 6.42 Å². The van der Waals surface area contributed by atoms with Crippen molar-refractivity contribution < 1.29 is 19.4 Å². The first-order valence-corrected chi connectivity index (χ1v) is 5.64. The lowest BCUT2D eigenvalue weighted by Gasteiger charge is -2.30. The predicted octanol–water partition coefficient (Wildman–Crippen LogP) is 1.61. The van der Waals surface area contributed by atoms with Crippen LogP contribution in [0.2, 0.25) is 0 Å². The van der Waals surface area contributed by atoms with Crippen molar-refractivity contribution in [3.63, 3.8) is 0 Å². The second-order valence-electron chi connectivity index (χ2n) is 4.16. The minimum atomic E-state index is -0.766. The molecule has 2 unspecified atom stereocenters. The van der Waals surface area contributed by atoms with Crippen LogP contribution < -0.4 is 4.74 Å². The molecular formula is C13H16O4. The summed E-state index contributed by atoms with van der Waals surface area (Å²) < 4.78 is 10.4. The number of ether oxygens (including phenoxy) is 2. The Kier molecular flexibility index (Phi) is 3.33. The number of carbonyl (C=O) groups is 1. The summed E-state index contributed by atoms with van der Waals surface area (Å²) in [5, 5.41) is 10.2. The Morgan fingerprint density at radius 2 is 2.24 bits per heavy atom. The highest BCUT2D eigenvalue weighted by Gasteiger charge is 2.31. The standard InChI is InChI=1S/C13H16O4/c1-8(14)17-12-7-6-9-10(13(12)15)4-3-5-11(9)16-2/h3-5,12-13,15H,6-7H2,1-2H3. The van der Waals surface area contributed by atoms with E-state index in [0.717, 1.165) is 23.3 Å². The molecule has 1 aliphatic rings. The molecule has 4 nitrogen and oxygen atoms in total. The molecule has 1 aliphatic carbocycles. The van der Waals surface area contributed by atoms with Gasteiger partial charge in [0.2, 0.25) is 0 Å². The van der Waals surface area contributed by atoms with Crippen LogP contribution in [-0.2, 0) is 16.0 Å². The van der Waals surface area contributed by atoms with Gasteiger partial charge in [0.25, 0.3) is 0 Å². The largest absolute Gasteiger partial charge is 0.496 e. The highest BCUT2D eigenvalue weighted by molar-refractivity contribution is 5.66. The third kappa shape index (κ3) is 2.26. The number of benzene rings is 1. The maximum atomic E-state index is 10.9. The molecule has 0 fully saturated rings. The van der Waals surface area contributed by atoms with Crippen molar-refractivity contribution in [2.75, 3.05) is 7.11 Å². The van der Waals surface area contributed by atoms with E-state index in [4.69, 9.17) is 9.47 Å². The first kappa shape index (κ1) is 11.9. The van der Waals surface area contributed by atoms with Crippen molar-refractivity contribution in [3.8, 4) is 5.75 Å². The van der Waals surface area contributed by atoms with Gasteiger partial charge in [-0.05, 0) is 24.5 Å². The van der Waals surface area contributed by atoms with Gasteiger partial charge in [0, 0.05) is 12.5 Å².